The Kier molecular flexibility index (Phi) is 4.12. The van der Waals surface area contributed by atoms with Crippen molar-refractivity contribution in [3.8, 4) is 11.5 Å². The van der Waals surface area contributed by atoms with Crippen LogP contribution in [0, 0.1) is 0 Å². The van der Waals surface area contributed by atoms with Gasteiger partial charge in [0.15, 0.2) is 5.58 Å². The molecule has 0 atom stereocenters. The molecule has 7 heteroatoms. The second-order valence-electron chi connectivity index (χ2n) is 4.44. The first kappa shape index (κ1) is 15.3. The van der Waals surface area contributed by atoms with Gasteiger partial charge in [-0.25, -0.2) is 9.78 Å². The van der Waals surface area contributed by atoms with E-state index in [-0.39, 0.29) is 0 Å². The maximum atomic E-state index is 11.6. The second-order valence-corrected chi connectivity index (χ2v) is 6.08. The van der Waals surface area contributed by atoms with Gasteiger partial charge in [0, 0.05) is 9.50 Å². The van der Waals surface area contributed by atoms with Crippen LogP contribution >= 0.6 is 39.1 Å². The number of halogens is 3. The van der Waals surface area contributed by atoms with E-state index in [1.54, 1.807) is 30.3 Å². The van der Waals surface area contributed by atoms with E-state index in [9.17, 15) is 4.79 Å². The van der Waals surface area contributed by atoms with Crippen LogP contribution in [0.2, 0.25) is 10.0 Å². The average Bonchev–Trinajstić information content (AvgIpc) is 2.92. The van der Waals surface area contributed by atoms with Gasteiger partial charge in [-0.15, -0.1) is 0 Å². The third-order valence-corrected chi connectivity index (χ3v) is 4.63. The monoisotopic (exact) mass is 399 g/mol. The highest BCUT2D eigenvalue weighted by atomic mass is 79.9. The minimum Gasteiger partial charge on any atom is -0.465 e. The summed E-state index contributed by atoms with van der Waals surface area (Å²) in [6, 6.07) is 8.20. The zero-order chi connectivity index (χ0) is 15.9. The number of hydrogen-bond acceptors (Lipinski definition) is 4. The lowest BCUT2D eigenvalue weighted by Gasteiger charge is -2.02. The molecule has 1 heterocycles. The van der Waals surface area contributed by atoms with Gasteiger partial charge in [-0.05, 0) is 46.3 Å². The van der Waals surface area contributed by atoms with Crippen molar-refractivity contribution >= 4 is 56.2 Å². The molecular weight excluding hydrogens is 393 g/mol. The molecule has 112 valence electrons. The predicted molar refractivity (Wildman–Crippen MR) is 88.5 cm³/mol. The average molecular weight is 401 g/mol. The lowest BCUT2D eigenvalue weighted by atomic mass is 10.2. The van der Waals surface area contributed by atoms with E-state index in [2.05, 4.69) is 25.7 Å². The van der Waals surface area contributed by atoms with E-state index in [1.165, 1.54) is 7.11 Å². The molecule has 0 unspecified atom stereocenters. The third-order valence-electron chi connectivity index (χ3n) is 3.03. The molecule has 0 fully saturated rings. The first-order valence-electron chi connectivity index (χ1n) is 6.13. The summed E-state index contributed by atoms with van der Waals surface area (Å²) in [6.45, 7) is 0. The SMILES string of the molecule is COC(=O)c1ccc2oc(-c3cc(Cl)cc(Cl)c3Br)nc2c1. The first-order valence-corrected chi connectivity index (χ1v) is 7.68. The number of carbonyl (C=O) groups is 1. The normalized spacial score (nSPS) is 10.9. The van der Waals surface area contributed by atoms with Gasteiger partial charge in [0.25, 0.3) is 0 Å². The topological polar surface area (TPSA) is 52.3 Å². The van der Waals surface area contributed by atoms with Crippen LogP contribution in [0.3, 0.4) is 0 Å². The first-order chi connectivity index (χ1) is 10.5. The molecule has 2 aromatic carbocycles. The molecule has 0 aliphatic rings. The van der Waals surface area contributed by atoms with Crippen molar-refractivity contribution in [2.75, 3.05) is 7.11 Å². The Labute approximate surface area is 144 Å². The van der Waals surface area contributed by atoms with Crippen molar-refractivity contribution in [1.82, 2.24) is 4.98 Å². The molecule has 0 aliphatic carbocycles. The zero-order valence-electron chi connectivity index (χ0n) is 11.2. The van der Waals surface area contributed by atoms with Crippen LogP contribution in [0.1, 0.15) is 10.4 Å². The number of benzene rings is 2. The van der Waals surface area contributed by atoms with Gasteiger partial charge >= 0.3 is 5.97 Å². The summed E-state index contributed by atoms with van der Waals surface area (Å²) in [6.07, 6.45) is 0. The summed E-state index contributed by atoms with van der Waals surface area (Å²) in [5.74, 6) is -0.0771. The number of aromatic nitrogens is 1. The largest absolute Gasteiger partial charge is 0.465 e. The van der Waals surface area contributed by atoms with Crippen molar-refractivity contribution in [1.29, 1.82) is 0 Å². The fourth-order valence-electron chi connectivity index (χ4n) is 2.00. The molecule has 0 aliphatic heterocycles. The van der Waals surface area contributed by atoms with E-state index >= 15 is 0 Å². The highest BCUT2D eigenvalue weighted by Crippen LogP contribution is 2.37. The smallest absolute Gasteiger partial charge is 0.337 e. The van der Waals surface area contributed by atoms with Crippen LogP contribution in [0.5, 0.6) is 0 Å². The number of esters is 1. The summed E-state index contributed by atoms with van der Waals surface area (Å²) in [7, 11) is 1.33. The molecule has 22 heavy (non-hydrogen) atoms. The number of fused-ring (bicyclic) bond motifs is 1. The third kappa shape index (κ3) is 2.72. The Morgan fingerprint density at radius 2 is 2.05 bits per heavy atom. The van der Waals surface area contributed by atoms with Crippen LogP contribution in [-0.4, -0.2) is 18.1 Å². The molecular formula is C15H8BrCl2NO3. The van der Waals surface area contributed by atoms with Crippen molar-refractivity contribution in [2.24, 2.45) is 0 Å². The van der Waals surface area contributed by atoms with Crippen LogP contribution in [0.15, 0.2) is 39.2 Å². The molecule has 4 nitrogen and oxygen atoms in total. The molecule has 0 amide bonds. The Morgan fingerprint density at radius 1 is 1.27 bits per heavy atom. The molecule has 0 saturated carbocycles. The molecule has 0 N–H and O–H groups in total. The highest BCUT2D eigenvalue weighted by Gasteiger charge is 2.16. The zero-order valence-corrected chi connectivity index (χ0v) is 14.3. The van der Waals surface area contributed by atoms with Crippen molar-refractivity contribution in [2.45, 2.75) is 0 Å². The summed E-state index contributed by atoms with van der Waals surface area (Å²) in [5, 5.41) is 0.931. The van der Waals surface area contributed by atoms with Gasteiger partial charge in [-0.1, -0.05) is 23.2 Å². The van der Waals surface area contributed by atoms with E-state index < -0.39 is 5.97 Å². The molecule has 1 aromatic heterocycles. The van der Waals surface area contributed by atoms with Crippen LogP contribution < -0.4 is 0 Å². The highest BCUT2D eigenvalue weighted by molar-refractivity contribution is 9.10. The fourth-order valence-corrected chi connectivity index (χ4v) is 2.89. The predicted octanol–water partition coefficient (Wildman–Crippen LogP) is 5.35. The number of nitrogens with zero attached hydrogens (tertiary/aromatic N) is 1. The number of rotatable bonds is 2. The molecule has 0 radical (unpaired) electrons. The Balaban J connectivity index is 2.15. The quantitative estimate of drug-likeness (QED) is 0.429. The van der Waals surface area contributed by atoms with Crippen molar-refractivity contribution in [3.63, 3.8) is 0 Å². The van der Waals surface area contributed by atoms with E-state index in [4.69, 9.17) is 27.6 Å². The fraction of sp³-hybridized carbons (Fsp3) is 0.0667. The Morgan fingerprint density at radius 3 is 2.77 bits per heavy atom. The molecule has 0 bridgehead atoms. The van der Waals surface area contributed by atoms with Gasteiger partial charge in [-0.3, -0.25) is 0 Å². The van der Waals surface area contributed by atoms with Crippen molar-refractivity contribution < 1.29 is 13.9 Å². The summed E-state index contributed by atoms with van der Waals surface area (Å²) in [5.41, 5.74) is 2.12. The molecule has 3 rings (SSSR count). The number of ether oxygens (including phenoxy) is 1. The Bertz CT molecular complexity index is 892. The number of carbonyl (C=O) groups excluding carboxylic acids is 1. The Hall–Kier alpha value is -1.56. The number of methoxy groups -OCH3 is 1. The second kappa shape index (κ2) is 5.91. The summed E-state index contributed by atoms with van der Waals surface area (Å²) < 4.78 is 11.0. The van der Waals surface area contributed by atoms with E-state index in [0.717, 1.165) is 0 Å². The van der Waals surface area contributed by atoms with Gasteiger partial charge in [0.1, 0.15) is 5.52 Å². The van der Waals surface area contributed by atoms with Crippen LogP contribution in [0.4, 0.5) is 0 Å². The van der Waals surface area contributed by atoms with Crippen LogP contribution in [0.25, 0.3) is 22.6 Å². The van der Waals surface area contributed by atoms with Crippen LogP contribution in [-0.2, 0) is 4.74 Å². The van der Waals surface area contributed by atoms with Crippen molar-refractivity contribution in [3.05, 3.63) is 50.4 Å². The summed E-state index contributed by atoms with van der Waals surface area (Å²) >= 11 is 15.5. The standard InChI is InChI=1S/C15H8BrCl2NO3/c1-21-15(20)7-2-3-12-11(4-7)19-14(22-12)9-5-8(17)6-10(18)13(9)16/h2-6H,1H3. The molecule has 0 spiro atoms. The minimum absolute atomic E-state index is 0.355. The number of oxazole rings is 1. The lowest BCUT2D eigenvalue weighted by Crippen LogP contribution is -2.00. The molecule has 3 aromatic rings. The van der Waals surface area contributed by atoms with Gasteiger partial charge in [-0.2, -0.15) is 0 Å². The van der Waals surface area contributed by atoms with Gasteiger partial charge in [0.05, 0.1) is 23.3 Å². The van der Waals surface area contributed by atoms with Gasteiger partial charge < -0.3 is 9.15 Å². The maximum Gasteiger partial charge on any atom is 0.337 e. The van der Waals surface area contributed by atoms with Gasteiger partial charge in [0.2, 0.25) is 5.89 Å². The lowest BCUT2D eigenvalue weighted by molar-refractivity contribution is 0.0601. The minimum atomic E-state index is -0.432. The number of hydrogen-bond donors (Lipinski definition) is 0. The molecule has 0 saturated heterocycles. The van der Waals surface area contributed by atoms with E-state index in [0.29, 0.717) is 42.6 Å². The summed E-state index contributed by atoms with van der Waals surface area (Å²) in [4.78, 5) is 15.9. The van der Waals surface area contributed by atoms with E-state index in [1.807, 2.05) is 0 Å². The maximum absolute atomic E-state index is 11.6.